The fourth-order valence-electron chi connectivity index (χ4n) is 1.20. The molecule has 0 aliphatic carbocycles. The van der Waals surface area contributed by atoms with E-state index in [1.54, 1.807) is 0 Å². The molecule has 5 nitrogen and oxygen atoms in total. The maximum atomic E-state index is 13.3. The second-order valence-electron chi connectivity index (χ2n) is 3.17. The van der Waals surface area contributed by atoms with Gasteiger partial charge in [0.2, 0.25) is 11.6 Å². The summed E-state index contributed by atoms with van der Waals surface area (Å²) in [4.78, 5) is 9.78. The third kappa shape index (κ3) is 3.35. The molecule has 0 radical (unpaired) electrons. The van der Waals surface area contributed by atoms with Crippen LogP contribution in [-0.4, -0.2) is 24.6 Å². The average molecular weight is 246 g/mol. The van der Waals surface area contributed by atoms with Gasteiger partial charge in [-0.15, -0.1) is 0 Å². The van der Waals surface area contributed by atoms with E-state index in [0.29, 0.717) is 19.2 Å². The third-order valence-electron chi connectivity index (χ3n) is 2.00. The molecule has 0 saturated carbocycles. The monoisotopic (exact) mass is 246 g/mol. The van der Waals surface area contributed by atoms with Crippen molar-refractivity contribution < 1.29 is 18.4 Å². The largest absolute Gasteiger partial charge is 0.483 e. The van der Waals surface area contributed by atoms with Crippen molar-refractivity contribution in [2.24, 2.45) is 0 Å². The molecule has 7 heteroatoms. The fraction of sp³-hybridized carbons (Fsp3) is 0.400. The summed E-state index contributed by atoms with van der Waals surface area (Å²) in [6.07, 6.45) is 0. The summed E-state index contributed by atoms with van der Waals surface area (Å²) in [5, 5.41) is 13.5. The van der Waals surface area contributed by atoms with E-state index >= 15 is 0 Å². The summed E-state index contributed by atoms with van der Waals surface area (Å²) in [5.74, 6) is -3.17. The maximum absolute atomic E-state index is 13.3. The van der Waals surface area contributed by atoms with Crippen LogP contribution in [0.4, 0.5) is 14.5 Å². The predicted molar refractivity (Wildman–Crippen MR) is 57.1 cm³/mol. The van der Waals surface area contributed by atoms with Crippen LogP contribution >= 0.6 is 0 Å². The van der Waals surface area contributed by atoms with Crippen molar-refractivity contribution in [3.8, 4) is 5.75 Å². The van der Waals surface area contributed by atoms with Gasteiger partial charge in [-0.3, -0.25) is 10.1 Å². The molecule has 0 amide bonds. The molecule has 1 rings (SSSR count). The van der Waals surface area contributed by atoms with Crippen LogP contribution in [0.2, 0.25) is 0 Å². The highest BCUT2D eigenvalue weighted by Gasteiger charge is 2.22. The summed E-state index contributed by atoms with van der Waals surface area (Å²) < 4.78 is 31.1. The first-order valence-corrected chi connectivity index (χ1v) is 5.03. The number of ether oxygens (including phenoxy) is 1. The molecule has 1 aromatic rings. The van der Waals surface area contributed by atoms with Crippen LogP contribution in [0, 0.1) is 21.7 Å². The lowest BCUT2D eigenvalue weighted by atomic mass is 10.2. The zero-order chi connectivity index (χ0) is 12.8. The van der Waals surface area contributed by atoms with Crippen molar-refractivity contribution in [3.05, 3.63) is 33.9 Å². The van der Waals surface area contributed by atoms with Crippen LogP contribution in [0.5, 0.6) is 5.75 Å². The van der Waals surface area contributed by atoms with Gasteiger partial charge in [0.25, 0.3) is 0 Å². The third-order valence-corrected chi connectivity index (χ3v) is 2.00. The van der Waals surface area contributed by atoms with E-state index in [-0.39, 0.29) is 6.61 Å². The Labute approximate surface area is 96.5 Å². The Morgan fingerprint density at radius 1 is 1.47 bits per heavy atom. The van der Waals surface area contributed by atoms with Crippen LogP contribution < -0.4 is 10.1 Å². The Balaban J connectivity index is 2.86. The minimum atomic E-state index is -1.34. The van der Waals surface area contributed by atoms with Gasteiger partial charge in [0.05, 0.1) is 4.92 Å². The highest BCUT2D eigenvalue weighted by atomic mass is 19.2. The van der Waals surface area contributed by atoms with Gasteiger partial charge in [0.1, 0.15) is 6.61 Å². The van der Waals surface area contributed by atoms with E-state index in [1.807, 2.05) is 6.92 Å². The Kier molecular flexibility index (Phi) is 4.77. The van der Waals surface area contributed by atoms with Gasteiger partial charge >= 0.3 is 5.69 Å². The van der Waals surface area contributed by atoms with E-state index in [4.69, 9.17) is 4.74 Å². The number of benzene rings is 1. The molecule has 0 unspecified atom stereocenters. The van der Waals surface area contributed by atoms with E-state index in [1.165, 1.54) is 0 Å². The summed E-state index contributed by atoms with van der Waals surface area (Å²) in [6.45, 7) is 2.97. The van der Waals surface area contributed by atoms with Crippen LogP contribution in [0.3, 0.4) is 0 Å². The topological polar surface area (TPSA) is 64.4 Å². The van der Waals surface area contributed by atoms with Crippen molar-refractivity contribution in [2.75, 3.05) is 19.7 Å². The van der Waals surface area contributed by atoms with Crippen molar-refractivity contribution in [2.45, 2.75) is 6.92 Å². The molecule has 1 N–H and O–H groups in total. The van der Waals surface area contributed by atoms with Gasteiger partial charge in [-0.1, -0.05) is 6.92 Å². The normalized spacial score (nSPS) is 10.3. The molecular formula is C10H12F2N2O3. The highest BCUT2D eigenvalue weighted by Crippen LogP contribution is 2.31. The number of hydrogen-bond donors (Lipinski definition) is 1. The first-order chi connectivity index (χ1) is 8.07. The highest BCUT2D eigenvalue weighted by molar-refractivity contribution is 5.47. The number of nitro groups is 1. The average Bonchev–Trinajstić information content (AvgIpc) is 2.29. The lowest BCUT2D eigenvalue weighted by Crippen LogP contribution is -2.21. The number of nitrogens with one attached hydrogen (secondary N) is 1. The van der Waals surface area contributed by atoms with E-state index in [0.717, 1.165) is 6.07 Å². The molecular weight excluding hydrogens is 234 g/mol. The van der Waals surface area contributed by atoms with E-state index in [9.17, 15) is 18.9 Å². The van der Waals surface area contributed by atoms with Gasteiger partial charge in [-0.05, 0) is 12.6 Å². The minimum Gasteiger partial charge on any atom is -0.483 e. The van der Waals surface area contributed by atoms with E-state index in [2.05, 4.69) is 5.32 Å². The minimum absolute atomic E-state index is 0.0229. The van der Waals surface area contributed by atoms with Crippen molar-refractivity contribution in [1.82, 2.24) is 5.32 Å². The van der Waals surface area contributed by atoms with Crippen molar-refractivity contribution in [3.63, 3.8) is 0 Å². The van der Waals surface area contributed by atoms with Crippen molar-refractivity contribution >= 4 is 5.69 Å². The van der Waals surface area contributed by atoms with E-state index < -0.39 is 28.0 Å². The summed E-state index contributed by atoms with van der Waals surface area (Å²) >= 11 is 0. The molecule has 17 heavy (non-hydrogen) atoms. The van der Waals surface area contributed by atoms with Crippen LogP contribution in [-0.2, 0) is 0 Å². The molecule has 0 bridgehead atoms. The Morgan fingerprint density at radius 2 is 2.18 bits per heavy atom. The number of hydrogen-bond acceptors (Lipinski definition) is 4. The Hall–Kier alpha value is -1.76. The molecule has 0 aliphatic heterocycles. The number of likely N-dealkylation sites (N-methyl/N-ethyl adjacent to an activating group) is 1. The van der Waals surface area contributed by atoms with Gasteiger partial charge in [-0.25, -0.2) is 4.39 Å². The fourth-order valence-corrected chi connectivity index (χ4v) is 1.20. The van der Waals surface area contributed by atoms with Crippen LogP contribution in [0.15, 0.2) is 12.1 Å². The summed E-state index contributed by atoms with van der Waals surface area (Å²) in [7, 11) is 0. The second-order valence-corrected chi connectivity index (χ2v) is 3.17. The number of rotatable bonds is 6. The smallest absolute Gasteiger partial charge is 0.314 e. The summed E-state index contributed by atoms with van der Waals surface area (Å²) in [6, 6.07) is 1.58. The Bertz CT molecular complexity index is 413. The lowest BCUT2D eigenvalue weighted by molar-refractivity contribution is -0.386. The first kappa shape index (κ1) is 13.3. The molecule has 0 fully saturated rings. The van der Waals surface area contributed by atoms with Gasteiger partial charge in [0.15, 0.2) is 5.82 Å². The second kappa shape index (κ2) is 6.09. The molecule has 1 aromatic carbocycles. The molecule has 0 aromatic heterocycles. The number of nitro benzene ring substituents is 1. The SMILES string of the molecule is CCNCCOc1c([N+](=O)[O-])ccc(F)c1F. The lowest BCUT2D eigenvalue weighted by Gasteiger charge is -2.08. The number of nitrogens with zero attached hydrogens (tertiary/aromatic N) is 1. The molecule has 0 aliphatic rings. The molecule has 0 saturated heterocycles. The Morgan fingerprint density at radius 3 is 2.76 bits per heavy atom. The van der Waals surface area contributed by atoms with Crippen molar-refractivity contribution in [1.29, 1.82) is 0 Å². The quantitative estimate of drug-likeness (QED) is 0.472. The summed E-state index contributed by atoms with van der Waals surface area (Å²) in [5.41, 5.74) is -0.583. The standard InChI is InChI=1S/C10H12F2N2O3/c1-2-13-5-6-17-10-8(14(15)16)4-3-7(11)9(10)12/h3-4,13H,2,5-6H2,1H3. The molecule has 94 valence electrons. The molecule has 0 heterocycles. The molecule has 0 spiro atoms. The van der Waals surface area contributed by atoms with Crippen LogP contribution in [0.25, 0.3) is 0 Å². The van der Waals surface area contributed by atoms with Gasteiger partial charge in [0, 0.05) is 12.6 Å². The number of halogens is 2. The zero-order valence-electron chi connectivity index (χ0n) is 9.20. The first-order valence-electron chi connectivity index (χ1n) is 5.03. The molecule has 0 atom stereocenters. The zero-order valence-corrected chi connectivity index (χ0v) is 9.20. The predicted octanol–water partition coefficient (Wildman–Crippen LogP) is 1.86. The van der Waals surface area contributed by atoms with Crippen LogP contribution in [0.1, 0.15) is 6.92 Å². The maximum Gasteiger partial charge on any atom is 0.314 e. The van der Waals surface area contributed by atoms with Gasteiger partial charge in [-0.2, -0.15) is 4.39 Å². The van der Waals surface area contributed by atoms with Gasteiger partial charge < -0.3 is 10.1 Å².